The molecule has 1 saturated carbocycles. The summed E-state index contributed by atoms with van der Waals surface area (Å²) >= 11 is 0. The molecule has 1 heterocycles. The zero-order valence-corrected chi connectivity index (χ0v) is 9.92. The van der Waals surface area contributed by atoms with Gasteiger partial charge in [-0.3, -0.25) is 0 Å². The highest BCUT2D eigenvalue weighted by Crippen LogP contribution is 2.37. The molecular formula is C13H22O2. The van der Waals surface area contributed by atoms with Gasteiger partial charge in [0.2, 0.25) is 0 Å². The Morgan fingerprint density at radius 1 is 1.33 bits per heavy atom. The van der Waals surface area contributed by atoms with Crippen molar-refractivity contribution in [2.75, 3.05) is 13.2 Å². The van der Waals surface area contributed by atoms with Crippen LogP contribution in [0.1, 0.15) is 46.0 Å². The van der Waals surface area contributed by atoms with Gasteiger partial charge in [0.1, 0.15) is 0 Å². The largest absolute Gasteiger partial charge is 0.374 e. The maximum atomic E-state index is 5.95. The minimum Gasteiger partial charge on any atom is -0.374 e. The van der Waals surface area contributed by atoms with Crippen LogP contribution in [-0.4, -0.2) is 24.9 Å². The molecule has 0 amide bonds. The molecule has 15 heavy (non-hydrogen) atoms. The standard InChI is InChI=1S/C13H22O2/c1-11(2)14-9-12-8-13(15-10-12)6-4-3-5-7-13/h8,11H,3-7,9-10H2,1-2H3. The van der Waals surface area contributed by atoms with Crippen molar-refractivity contribution < 1.29 is 9.47 Å². The van der Waals surface area contributed by atoms with Gasteiger partial charge in [-0.2, -0.15) is 0 Å². The Hall–Kier alpha value is -0.340. The van der Waals surface area contributed by atoms with E-state index in [0.29, 0.717) is 6.10 Å². The lowest BCUT2D eigenvalue weighted by Crippen LogP contribution is -2.29. The van der Waals surface area contributed by atoms with E-state index in [1.807, 2.05) is 0 Å². The third kappa shape index (κ3) is 2.82. The van der Waals surface area contributed by atoms with Crippen molar-refractivity contribution in [3.8, 4) is 0 Å². The number of hydrogen-bond acceptors (Lipinski definition) is 2. The van der Waals surface area contributed by atoms with Crippen LogP contribution in [-0.2, 0) is 9.47 Å². The van der Waals surface area contributed by atoms with Gasteiger partial charge in [0.25, 0.3) is 0 Å². The summed E-state index contributed by atoms with van der Waals surface area (Å²) in [5, 5.41) is 0. The van der Waals surface area contributed by atoms with E-state index in [1.165, 1.54) is 37.7 Å². The summed E-state index contributed by atoms with van der Waals surface area (Å²) in [5.74, 6) is 0. The molecule has 0 aromatic rings. The van der Waals surface area contributed by atoms with Gasteiger partial charge in [0.05, 0.1) is 24.9 Å². The van der Waals surface area contributed by atoms with Crippen molar-refractivity contribution in [2.45, 2.75) is 57.7 Å². The van der Waals surface area contributed by atoms with Gasteiger partial charge in [-0.1, -0.05) is 19.3 Å². The van der Waals surface area contributed by atoms with Gasteiger partial charge in [-0.15, -0.1) is 0 Å². The first-order valence-corrected chi connectivity index (χ1v) is 6.16. The van der Waals surface area contributed by atoms with Gasteiger partial charge in [0.15, 0.2) is 0 Å². The van der Waals surface area contributed by atoms with Crippen molar-refractivity contribution in [1.29, 1.82) is 0 Å². The van der Waals surface area contributed by atoms with Crippen LogP contribution in [0.5, 0.6) is 0 Å². The van der Waals surface area contributed by atoms with Crippen LogP contribution < -0.4 is 0 Å². The molecule has 0 aromatic heterocycles. The van der Waals surface area contributed by atoms with Gasteiger partial charge in [-0.25, -0.2) is 0 Å². The topological polar surface area (TPSA) is 18.5 Å². The summed E-state index contributed by atoms with van der Waals surface area (Å²) < 4.78 is 11.6. The summed E-state index contributed by atoms with van der Waals surface area (Å²) in [7, 11) is 0. The molecule has 2 aliphatic rings. The van der Waals surface area contributed by atoms with Crippen LogP contribution in [0.25, 0.3) is 0 Å². The maximum Gasteiger partial charge on any atom is 0.0871 e. The van der Waals surface area contributed by atoms with Crippen LogP contribution in [0.3, 0.4) is 0 Å². The fourth-order valence-corrected chi connectivity index (χ4v) is 2.49. The van der Waals surface area contributed by atoms with E-state index in [9.17, 15) is 0 Å². The Morgan fingerprint density at radius 3 is 2.73 bits per heavy atom. The zero-order chi connectivity index (χ0) is 10.7. The van der Waals surface area contributed by atoms with E-state index in [0.717, 1.165) is 13.2 Å². The molecule has 0 atom stereocenters. The molecule has 0 bridgehead atoms. The maximum absolute atomic E-state index is 5.95. The van der Waals surface area contributed by atoms with Gasteiger partial charge < -0.3 is 9.47 Å². The smallest absolute Gasteiger partial charge is 0.0871 e. The Labute approximate surface area is 92.6 Å². The second-order valence-electron chi connectivity index (χ2n) is 5.08. The molecular weight excluding hydrogens is 188 g/mol. The van der Waals surface area contributed by atoms with Crippen molar-refractivity contribution in [3.05, 3.63) is 11.6 Å². The normalized spacial score (nSPS) is 24.9. The zero-order valence-electron chi connectivity index (χ0n) is 9.92. The molecule has 0 aromatic carbocycles. The van der Waals surface area contributed by atoms with Crippen LogP contribution in [0.4, 0.5) is 0 Å². The quantitative estimate of drug-likeness (QED) is 0.666. The first-order chi connectivity index (χ1) is 7.20. The molecule has 0 radical (unpaired) electrons. The van der Waals surface area contributed by atoms with E-state index < -0.39 is 0 Å². The summed E-state index contributed by atoms with van der Waals surface area (Å²) in [6, 6.07) is 0. The molecule has 0 unspecified atom stereocenters. The molecule has 2 nitrogen and oxygen atoms in total. The predicted molar refractivity (Wildman–Crippen MR) is 60.9 cm³/mol. The first kappa shape index (κ1) is 11.2. The molecule has 1 aliphatic carbocycles. The predicted octanol–water partition coefficient (Wildman–Crippen LogP) is 3.07. The molecule has 1 fully saturated rings. The molecule has 1 aliphatic heterocycles. The summed E-state index contributed by atoms with van der Waals surface area (Å²) in [6.07, 6.45) is 9.07. The van der Waals surface area contributed by atoms with Crippen molar-refractivity contribution in [2.24, 2.45) is 0 Å². The highest BCUT2D eigenvalue weighted by atomic mass is 16.5. The van der Waals surface area contributed by atoms with E-state index >= 15 is 0 Å². The van der Waals surface area contributed by atoms with Crippen LogP contribution >= 0.6 is 0 Å². The number of hydrogen-bond donors (Lipinski definition) is 0. The lowest BCUT2D eigenvalue weighted by atomic mass is 9.84. The van der Waals surface area contributed by atoms with Crippen molar-refractivity contribution in [1.82, 2.24) is 0 Å². The Balaban J connectivity index is 1.89. The fraction of sp³-hybridized carbons (Fsp3) is 0.846. The summed E-state index contributed by atoms with van der Waals surface area (Å²) in [6.45, 7) is 5.69. The summed E-state index contributed by atoms with van der Waals surface area (Å²) in [5.41, 5.74) is 1.43. The molecule has 2 rings (SSSR count). The second-order valence-corrected chi connectivity index (χ2v) is 5.08. The SMILES string of the molecule is CC(C)OCC1=CC2(CCCCC2)OC1. The van der Waals surface area contributed by atoms with Crippen molar-refractivity contribution >= 4 is 0 Å². The molecule has 2 heteroatoms. The number of ether oxygens (including phenoxy) is 2. The second kappa shape index (κ2) is 4.67. The lowest BCUT2D eigenvalue weighted by Gasteiger charge is -2.30. The highest BCUT2D eigenvalue weighted by Gasteiger charge is 2.35. The van der Waals surface area contributed by atoms with Gasteiger partial charge >= 0.3 is 0 Å². The average molecular weight is 210 g/mol. The number of rotatable bonds is 3. The summed E-state index contributed by atoms with van der Waals surface area (Å²) in [4.78, 5) is 0. The van der Waals surface area contributed by atoms with E-state index in [2.05, 4.69) is 19.9 Å². The lowest BCUT2D eigenvalue weighted by molar-refractivity contribution is -0.00626. The van der Waals surface area contributed by atoms with E-state index in [-0.39, 0.29) is 5.60 Å². The van der Waals surface area contributed by atoms with Crippen LogP contribution in [0, 0.1) is 0 Å². The minimum absolute atomic E-state index is 0.0912. The third-order valence-corrected chi connectivity index (χ3v) is 3.31. The molecule has 0 N–H and O–H groups in total. The van der Waals surface area contributed by atoms with E-state index in [4.69, 9.17) is 9.47 Å². The van der Waals surface area contributed by atoms with Crippen LogP contribution in [0.2, 0.25) is 0 Å². The Morgan fingerprint density at radius 2 is 2.07 bits per heavy atom. The molecule has 86 valence electrons. The minimum atomic E-state index is 0.0912. The van der Waals surface area contributed by atoms with Crippen LogP contribution in [0.15, 0.2) is 11.6 Å². The van der Waals surface area contributed by atoms with Gasteiger partial charge in [0, 0.05) is 0 Å². The average Bonchev–Trinajstić information content (AvgIpc) is 2.60. The van der Waals surface area contributed by atoms with Crippen molar-refractivity contribution in [3.63, 3.8) is 0 Å². The monoisotopic (exact) mass is 210 g/mol. The molecule has 0 saturated heterocycles. The van der Waals surface area contributed by atoms with E-state index in [1.54, 1.807) is 0 Å². The Bertz CT molecular complexity index is 237. The third-order valence-electron chi connectivity index (χ3n) is 3.31. The first-order valence-electron chi connectivity index (χ1n) is 6.16. The molecule has 1 spiro atoms. The Kier molecular flexibility index (Phi) is 3.47. The fourth-order valence-electron chi connectivity index (χ4n) is 2.49. The van der Waals surface area contributed by atoms with Gasteiger partial charge in [-0.05, 0) is 38.3 Å². The highest BCUT2D eigenvalue weighted by molar-refractivity contribution is 5.19.